The minimum atomic E-state index is -2.92. The van der Waals surface area contributed by atoms with Crippen LogP contribution in [0.25, 0.3) is 0 Å². The van der Waals surface area contributed by atoms with Gasteiger partial charge in [-0.15, -0.1) is 0 Å². The minimum Gasteiger partial charge on any atom is -0.275 e. The van der Waals surface area contributed by atoms with Gasteiger partial charge in [0.1, 0.15) is 11.2 Å². The van der Waals surface area contributed by atoms with Crippen molar-refractivity contribution in [2.24, 2.45) is 0 Å². The highest BCUT2D eigenvalue weighted by molar-refractivity contribution is 6.69. The van der Waals surface area contributed by atoms with E-state index in [1.54, 1.807) is 0 Å². The van der Waals surface area contributed by atoms with Crippen LogP contribution >= 0.6 is 23.2 Å². The van der Waals surface area contributed by atoms with Gasteiger partial charge in [0, 0.05) is 6.20 Å². The average Bonchev–Trinajstić information content (AvgIpc) is 2.15. The maximum absolute atomic E-state index is 12.4. The van der Waals surface area contributed by atoms with Crippen LogP contribution in [0.4, 0.5) is 8.78 Å². The lowest BCUT2D eigenvalue weighted by atomic mass is 10.1. The number of hydrogen-bond acceptors (Lipinski definition) is 3. The fraction of sp³-hybridized carbons (Fsp3) is 0.125. The van der Waals surface area contributed by atoms with Crippen LogP contribution in [0.2, 0.25) is 5.15 Å². The highest BCUT2D eigenvalue weighted by Gasteiger charge is 2.23. The first-order valence-electron chi connectivity index (χ1n) is 3.55. The molecule has 0 aliphatic heterocycles. The van der Waals surface area contributed by atoms with Crippen LogP contribution in [0, 0.1) is 11.3 Å². The molecule has 0 N–H and O–H groups in total. The van der Waals surface area contributed by atoms with E-state index in [-0.39, 0.29) is 5.15 Å². The Labute approximate surface area is 93.2 Å². The number of carbonyl (C=O) groups excluding carboxylic acids is 1. The van der Waals surface area contributed by atoms with Crippen molar-refractivity contribution in [3.05, 3.63) is 28.0 Å². The summed E-state index contributed by atoms with van der Waals surface area (Å²) in [6.45, 7) is 0. The molecule has 0 radical (unpaired) electrons. The molecule has 0 saturated carbocycles. The summed E-state index contributed by atoms with van der Waals surface area (Å²) >= 11 is 10.6. The highest BCUT2D eigenvalue weighted by Crippen LogP contribution is 2.28. The lowest BCUT2D eigenvalue weighted by Gasteiger charge is -2.06. The fourth-order valence-electron chi connectivity index (χ4n) is 0.968. The summed E-state index contributed by atoms with van der Waals surface area (Å²) in [5.41, 5.74) is -1.69. The average molecular weight is 251 g/mol. The second-order valence-electron chi connectivity index (χ2n) is 2.44. The van der Waals surface area contributed by atoms with E-state index in [4.69, 9.17) is 28.5 Å². The van der Waals surface area contributed by atoms with Crippen molar-refractivity contribution in [1.82, 2.24) is 4.98 Å². The van der Waals surface area contributed by atoms with Crippen LogP contribution in [-0.2, 0) is 0 Å². The molecule has 15 heavy (non-hydrogen) atoms. The Morgan fingerprint density at radius 1 is 1.60 bits per heavy atom. The molecule has 3 nitrogen and oxygen atoms in total. The highest BCUT2D eigenvalue weighted by atomic mass is 35.5. The zero-order chi connectivity index (χ0) is 11.6. The Balaban J connectivity index is 3.56. The zero-order valence-electron chi connectivity index (χ0n) is 6.97. The van der Waals surface area contributed by atoms with Crippen LogP contribution < -0.4 is 0 Å². The van der Waals surface area contributed by atoms with Gasteiger partial charge in [-0.2, -0.15) is 5.26 Å². The molecule has 0 aliphatic carbocycles. The van der Waals surface area contributed by atoms with Crippen molar-refractivity contribution < 1.29 is 13.6 Å². The molecule has 1 aromatic rings. The second-order valence-corrected chi connectivity index (χ2v) is 3.14. The van der Waals surface area contributed by atoms with Crippen molar-refractivity contribution in [3.8, 4) is 6.07 Å². The summed E-state index contributed by atoms with van der Waals surface area (Å²) in [6, 6.07) is 1.46. The number of rotatable bonds is 2. The molecule has 0 aromatic carbocycles. The normalized spacial score (nSPS) is 10.1. The SMILES string of the molecule is N#Cc1c(C(F)F)cnc(Cl)c1C(=O)Cl. The Morgan fingerprint density at radius 3 is 2.60 bits per heavy atom. The summed E-state index contributed by atoms with van der Waals surface area (Å²) in [5, 5.41) is 7.18. The standard InChI is InChI=1S/C8H2Cl2F2N2O/c9-6-5(7(10)15)3(1-13)4(2-14-6)8(11)12/h2,8H. The van der Waals surface area contributed by atoms with Crippen LogP contribution in [0.1, 0.15) is 27.9 Å². The number of halogens is 4. The summed E-state index contributed by atoms with van der Waals surface area (Å²) in [6.07, 6.45) is -2.17. The smallest absolute Gasteiger partial charge is 0.266 e. The topological polar surface area (TPSA) is 53.8 Å². The van der Waals surface area contributed by atoms with Crippen molar-refractivity contribution >= 4 is 28.4 Å². The number of carbonyl (C=O) groups is 1. The molecule has 1 heterocycles. The van der Waals surface area contributed by atoms with Crippen molar-refractivity contribution in [1.29, 1.82) is 5.26 Å². The van der Waals surface area contributed by atoms with Crippen molar-refractivity contribution in [2.45, 2.75) is 6.43 Å². The molecule has 1 aromatic heterocycles. The van der Waals surface area contributed by atoms with Gasteiger partial charge in [-0.3, -0.25) is 4.79 Å². The van der Waals surface area contributed by atoms with Gasteiger partial charge in [0.15, 0.2) is 0 Å². The van der Waals surface area contributed by atoms with Gasteiger partial charge in [0.2, 0.25) is 0 Å². The Morgan fingerprint density at radius 2 is 2.20 bits per heavy atom. The van der Waals surface area contributed by atoms with Gasteiger partial charge in [0.25, 0.3) is 11.7 Å². The third-order valence-corrected chi connectivity index (χ3v) is 2.08. The maximum Gasteiger partial charge on any atom is 0.266 e. The lowest BCUT2D eigenvalue weighted by molar-refractivity contribution is 0.108. The van der Waals surface area contributed by atoms with Crippen LogP contribution in [0.15, 0.2) is 6.20 Å². The van der Waals surface area contributed by atoms with Gasteiger partial charge >= 0.3 is 0 Å². The van der Waals surface area contributed by atoms with E-state index < -0.39 is 28.4 Å². The van der Waals surface area contributed by atoms with E-state index >= 15 is 0 Å². The van der Waals surface area contributed by atoms with Gasteiger partial charge in [0.05, 0.1) is 16.7 Å². The molecule has 0 amide bonds. The van der Waals surface area contributed by atoms with E-state index in [2.05, 4.69) is 4.98 Å². The Kier molecular flexibility index (Phi) is 3.56. The number of hydrogen-bond donors (Lipinski definition) is 0. The third-order valence-electron chi connectivity index (χ3n) is 1.61. The number of aromatic nitrogens is 1. The van der Waals surface area contributed by atoms with E-state index in [1.165, 1.54) is 6.07 Å². The number of nitriles is 1. The van der Waals surface area contributed by atoms with E-state index in [9.17, 15) is 13.6 Å². The largest absolute Gasteiger partial charge is 0.275 e. The van der Waals surface area contributed by atoms with Gasteiger partial charge < -0.3 is 0 Å². The number of nitrogens with zero attached hydrogens (tertiary/aromatic N) is 2. The van der Waals surface area contributed by atoms with Crippen LogP contribution in [0.3, 0.4) is 0 Å². The van der Waals surface area contributed by atoms with Crippen LogP contribution in [-0.4, -0.2) is 10.2 Å². The van der Waals surface area contributed by atoms with Gasteiger partial charge in [-0.05, 0) is 11.6 Å². The lowest BCUT2D eigenvalue weighted by Crippen LogP contribution is -2.03. The first-order chi connectivity index (χ1) is 6.99. The van der Waals surface area contributed by atoms with E-state index in [1.807, 2.05) is 0 Å². The predicted octanol–water partition coefficient (Wildman–Crippen LogP) is 2.92. The van der Waals surface area contributed by atoms with E-state index in [0.29, 0.717) is 0 Å². The molecular weight excluding hydrogens is 249 g/mol. The molecule has 0 unspecified atom stereocenters. The Hall–Kier alpha value is -1.25. The zero-order valence-corrected chi connectivity index (χ0v) is 8.48. The molecule has 7 heteroatoms. The summed E-state index contributed by atoms with van der Waals surface area (Å²) in [4.78, 5) is 14.2. The second kappa shape index (κ2) is 4.51. The minimum absolute atomic E-state index is 0.365. The maximum atomic E-state index is 12.4. The third kappa shape index (κ3) is 2.22. The summed E-state index contributed by atoms with van der Waals surface area (Å²) in [5.74, 6) is 0. The quantitative estimate of drug-likeness (QED) is 0.599. The Bertz CT molecular complexity index is 457. The number of pyridine rings is 1. The molecule has 0 spiro atoms. The molecule has 1 rings (SSSR count). The van der Waals surface area contributed by atoms with E-state index in [0.717, 1.165) is 6.20 Å². The molecular formula is C8H2Cl2F2N2O. The monoisotopic (exact) mass is 250 g/mol. The molecule has 0 bridgehead atoms. The first-order valence-corrected chi connectivity index (χ1v) is 4.31. The molecule has 0 saturated heterocycles. The number of alkyl halides is 2. The molecule has 0 aliphatic rings. The first kappa shape index (κ1) is 11.8. The van der Waals surface area contributed by atoms with Gasteiger partial charge in [-0.1, -0.05) is 11.6 Å². The predicted molar refractivity (Wildman–Crippen MR) is 49.1 cm³/mol. The molecule has 0 atom stereocenters. The van der Waals surface area contributed by atoms with Crippen LogP contribution in [0.5, 0.6) is 0 Å². The summed E-state index contributed by atoms with van der Waals surface area (Å²) < 4.78 is 24.8. The van der Waals surface area contributed by atoms with Crippen molar-refractivity contribution in [2.75, 3.05) is 0 Å². The summed E-state index contributed by atoms with van der Waals surface area (Å²) in [7, 11) is 0. The van der Waals surface area contributed by atoms with Crippen molar-refractivity contribution in [3.63, 3.8) is 0 Å². The van der Waals surface area contributed by atoms with Gasteiger partial charge in [-0.25, -0.2) is 13.8 Å². The fourth-order valence-corrected chi connectivity index (χ4v) is 1.43. The molecule has 78 valence electrons. The molecule has 0 fully saturated rings.